The molecule has 0 spiro atoms. The Bertz CT molecular complexity index is 323. The lowest BCUT2D eigenvalue weighted by Crippen LogP contribution is -2.23. The standard InChI is InChI=1S/C14H23NO/c1-4-6-9-15(5-2)14-8-7-13(11-16)12(3)10-14/h7-8,10,16H,4-6,9,11H2,1-3H3. The van der Waals surface area contributed by atoms with E-state index in [1.807, 2.05) is 6.07 Å². The number of aliphatic hydroxyl groups is 1. The van der Waals surface area contributed by atoms with Crippen molar-refractivity contribution >= 4 is 5.69 Å². The lowest BCUT2D eigenvalue weighted by molar-refractivity contribution is 0.281. The Balaban J connectivity index is 2.80. The van der Waals surface area contributed by atoms with E-state index in [0.29, 0.717) is 0 Å². The topological polar surface area (TPSA) is 23.5 Å². The molecule has 0 aliphatic carbocycles. The summed E-state index contributed by atoms with van der Waals surface area (Å²) in [5.74, 6) is 0. The Morgan fingerprint density at radius 1 is 1.25 bits per heavy atom. The summed E-state index contributed by atoms with van der Waals surface area (Å²) in [6.45, 7) is 8.75. The molecule has 0 radical (unpaired) electrons. The molecule has 1 N–H and O–H groups in total. The number of rotatable bonds is 6. The van der Waals surface area contributed by atoms with E-state index in [2.05, 4.69) is 37.8 Å². The highest BCUT2D eigenvalue weighted by Gasteiger charge is 2.05. The largest absolute Gasteiger partial charge is 0.392 e. The van der Waals surface area contributed by atoms with Crippen molar-refractivity contribution in [1.29, 1.82) is 0 Å². The smallest absolute Gasteiger partial charge is 0.0684 e. The zero-order valence-electron chi connectivity index (χ0n) is 10.7. The first kappa shape index (κ1) is 13.0. The van der Waals surface area contributed by atoms with E-state index in [1.165, 1.54) is 24.1 Å². The van der Waals surface area contributed by atoms with Crippen molar-refractivity contribution in [3.05, 3.63) is 29.3 Å². The number of benzene rings is 1. The number of anilines is 1. The van der Waals surface area contributed by atoms with Gasteiger partial charge in [0, 0.05) is 18.8 Å². The van der Waals surface area contributed by atoms with Gasteiger partial charge in [0.2, 0.25) is 0 Å². The Morgan fingerprint density at radius 2 is 2.00 bits per heavy atom. The van der Waals surface area contributed by atoms with Crippen LogP contribution in [0.5, 0.6) is 0 Å². The summed E-state index contributed by atoms with van der Waals surface area (Å²) in [6, 6.07) is 6.31. The van der Waals surface area contributed by atoms with Gasteiger partial charge in [-0.05, 0) is 43.5 Å². The van der Waals surface area contributed by atoms with Gasteiger partial charge < -0.3 is 10.0 Å². The van der Waals surface area contributed by atoms with Crippen molar-refractivity contribution in [3.8, 4) is 0 Å². The van der Waals surface area contributed by atoms with Gasteiger partial charge in [-0.25, -0.2) is 0 Å². The monoisotopic (exact) mass is 221 g/mol. The van der Waals surface area contributed by atoms with E-state index in [4.69, 9.17) is 5.11 Å². The highest BCUT2D eigenvalue weighted by atomic mass is 16.3. The summed E-state index contributed by atoms with van der Waals surface area (Å²) in [4.78, 5) is 2.39. The molecule has 0 bridgehead atoms. The minimum atomic E-state index is 0.132. The Hall–Kier alpha value is -1.02. The minimum Gasteiger partial charge on any atom is -0.392 e. The van der Waals surface area contributed by atoms with Crippen molar-refractivity contribution in [1.82, 2.24) is 0 Å². The number of unbranched alkanes of at least 4 members (excludes halogenated alkanes) is 1. The molecule has 1 rings (SSSR count). The van der Waals surface area contributed by atoms with Gasteiger partial charge in [0.15, 0.2) is 0 Å². The average Bonchev–Trinajstić information content (AvgIpc) is 2.30. The molecule has 0 saturated carbocycles. The first-order chi connectivity index (χ1) is 7.72. The van der Waals surface area contributed by atoms with E-state index in [0.717, 1.165) is 18.7 Å². The fourth-order valence-electron chi connectivity index (χ4n) is 1.87. The molecule has 2 heteroatoms. The first-order valence-corrected chi connectivity index (χ1v) is 6.18. The quantitative estimate of drug-likeness (QED) is 0.798. The lowest BCUT2D eigenvalue weighted by atomic mass is 10.1. The van der Waals surface area contributed by atoms with E-state index in [9.17, 15) is 0 Å². The van der Waals surface area contributed by atoms with Crippen LogP contribution in [0.1, 0.15) is 37.8 Å². The zero-order valence-corrected chi connectivity index (χ0v) is 10.7. The molecule has 90 valence electrons. The summed E-state index contributed by atoms with van der Waals surface area (Å²) in [7, 11) is 0. The summed E-state index contributed by atoms with van der Waals surface area (Å²) >= 11 is 0. The van der Waals surface area contributed by atoms with Gasteiger partial charge >= 0.3 is 0 Å². The van der Waals surface area contributed by atoms with E-state index >= 15 is 0 Å². The average molecular weight is 221 g/mol. The van der Waals surface area contributed by atoms with Crippen LogP contribution in [-0.4, -0.2) is 18.2 Å². The van der Waals surface area contributed by atoms with Crippen molar-refractivity contribution in [2.75, 3.05) is 18.0 Å². The maximum atomic E-state index is 9.13. The third-order valence-electron chi connectivity index (χ3n) is 3.02. The molecular formula is C14H23NO. The fraction of sp³-hybridized carbons (Fsp3) is 0.571. The molecular weight excluding hydrogens is 198 g/mol. The van der Waals surface area contributed by atoms with Gasteiger partial charge in [0.1, 0.15) is 0 Å². The van der Waals surface area contributed by atoms with Crippen molar-refractivity contribution in [2.45, 2.75) is 40.2 Å². The fourth-order valence-corrected chi connectivity index (χ4v) is 1.87. The molecule has 0 heterocycles. The van der Waals surface area contributed by atoms with Gasteiger partial charge in [-0.15, -0.1) is 0 Å². The molecule has 0 saturated heterocycles. The van der Waals surface area contributed by atoms with Gasteiger partial charge in [0.05, 0.1) is 6.61 Å². The van der Waals surface area contributed by atoms with E-state index in [1.54, 1.807) is 0 Å². The highest BCUT2D eigenvalue weighted by Crippen LogP contribution is 2.19. The van der Waals surface area contributed by atoms with E-state index < -0.39 is 0 Å². The molecule has 1 aromatic carbocycles. The van der Waals surface area contributed by atoms with Crippen LogP contribution in [0.15, 0.2) is 18.2 Å². The number of aryl methyl sites for hydroxylation is 1. The summed E-state index contributed by atoms with van der Waals surface area (Å²) in [5, 5.41) is 9.13. The predicted molar refractivity (Wildman–Crippen MR) is 69.9 cm³/mol. The Kier molecular flexibility index (Phi) is 5.33. The maximum Gasteiger partial charge on any atom is 0.0684 e. The molecule has 0 fully saturated rings. The van der Waals surface area contributed by atoms with Crippen LogP contribution in [0.2, 0.25) is 0 Å². The summed E-state index contributed by atoms with van der Waals surface area (Å²) in [5.41, 5.74) is 3.47. The van der Waals surface area contributed by atoms with Crippen molar-refractivity contribution in [2.24, 2.45) is 0 Å². The number of hydrogen-bond donors (Lipinski definition) is 1. The molecule has 0 atom stereocenters. The number of nitrogens with zero attached hydrogens (tertiary/aromatic N) is 1. The van der Waals surface area contributed by atoms with Crippen LogP contribution >= 0.6 is 0 Å². The van der Waals surface area contributed by atoms with Crippen LogP contribution in [0.4, 0.5) is 5.69 Å². The third-order valence-corrected chi connectivity index (χ3v) is 3.02. The molecule has 16 heavy (non-hydrogen) atoms. The summed E-state index contributed by atoms with van der Waals surface area (Å²) in [6.07, 6.45) is 2.46. The molecule has 2 nitrogen and oxygen atoms in total. The Labute approximate surface area is 98.9 Å². The first-order valence-electron chi connectivity index (χ1n) is 6.18. The second-order valence-corrected chi connectivity index (χ2v) is 4.20. The van der Waals surface area contributed by atoms with Crippen molar-refractivity contribution in [3.63, 3.8) is 0 Å². The highest BCUT2D eigenvalue weighted by molar-refractivity contribution is 5.50. The Morgan fingerprint density at radius 3 is 2.50 bits per heavy atom. The zero-order chi connectivity index (χ0) is 12.0. The van der Waals surface area contributed by atoms with E-state index in [-0.39, 0.29) is 6.61 Å². The SMILES string of the molecule is CCCCN(CC)c1ccc(CO)c(C)c1. The maximum absolute atomic E-state index is 9.13. The molecule has 1 aromatic rings. The van der Waals surface area contributed by atoms with Gasteiger partial charge in [-0.2, -0.15) is 0 Å². The van der Waals surface area contributed by atoms with Gasteiger partial charge in [0.25, 0.3) is 0 Å². The molecule has 0 aliphatic heterocycles. The molecule has 0 aromatic heterocycles. The second kappa shape index (κ2) is 6.54. The normalized spacial score (nSPS) is 10.5. The third kappa shape index (κ3) is 3.24. The van der Waals surface area contributed by atoms with Crippen LogP contribution in [0.25, 0.3) is 0 Å². The lowest BCUT2D eigenvalue weighted by Gasteiger charge is -2.23. The predicted octanol–water partition coefficient (Wildman–Crippen LogP) is 3.11. The molecule has 0 unspecified atom stereocenters. The number of hydrogen-bond acceptors (Lipinski definition) is 2. The van der Waals surface area contributed by atoms with Crippen LogP contribution in [0, 0.1) is 6.92 Å². The summed E-state index contributed by atoms with van der Waals surface area (Å²) < 4.78 is 0. The number of aliphatic hydroxyl groups excluding tert-OH is 1. The van der Waals surface area contributed by atoms with Gasteiger partial charge in [-0.1, -0.05) is 19.4 Å². The minimum absolute atomic E-state index is 0.132. The molecule has 0 aliphatic rings. The van der Waals surface area contributed by atoms with Crippen molar-refractivity contribution < 1.29 is 5.11 Å². The van der Waals surface area contributed by atoms with Crippen LogP contribution in [0.3, 0.4) is 0 Å². The second-order valence-electron chi connectivity index (χ2n) is 4.20. The molecule has 0 amide bonds. The van der Waals surface area contributed by atoms with Crippen LogP contribution in [-0.2, 0) is 6.61 Å². The van der Waals surface area contributed by atoms with Crippen LogP contribution < -0.4 is 4.90 Å². The van der Waals surface area contributed by atoms with Gasteiger partial charge in [-0.3, -0.25) is 0 Å².